The predicted octanol–water partition coefficient (Wildman–Crippen LogP) is 2.81. The largest absolute Gasteiger partial charge is 0.466 e. The lowest BCUT2D eigenvalue weighted by Gasteiger charge is -2.21. The fourth-order valence-corrected chi connectivity index (χ4v) is 3.01. The fraction of sp³-hybridized carbons (Fsp3) is 0.353. The van der Waals surface area contributed by atoms with Crippen molar-refractivity contribution in [2.24, 2.45) is 5.92 Å². The van der Waals surface area contributed by atoms with Crippen LogP contribution in [-0.2, 0) is 9.53 Å². The summed E-state index contributed by atoms with van der Waals surface area (Å²) in [5.74, 6) is -0.110. The molecule has 3 rings (SSSR count). The van der Waals surface area contributed by atoms with Gasteiger partial charge in [-0.2, -0.15) is 0 Å². The molecule has 1 fully saturated rings. The van der Waals surface area contributed by atoms with Crippen molar-refractivity contribution in [3.05, 3.63) is 36.4 Å². The van der Waals surface area contributed by atoms with E-state index in [1.807, 2.05) is 37.3 Å². The van der Waals surface area contributed by atoms with Gasteiger partial charge in [0, 0.05) is 35.2 Å². The van der Waals surface area contributed by atoms with Crippen molar-refractivity contribution < 1.29 is 9.53 Å². The molecule has 0 radical (unpaired) electrons. The molecular formula is C17H20N2O2. The summed E-state index contributed by atoms with van der Waals surface area (Å²) in [4.78, 5) is 14.1. The topological polar surface area (TPSA) is 55.6 Å². The van der Waals surface area contributed by atoms with Gasteiger partial charge in [-0.15, -0.1) is 0 Å². The summed E-state index contributed by atoms with van der Waals surface area (Å²) in [5.41, 5.74) is 7.98. The number of ether oxygens (including phenoxy) is 1. The highest BCUT2D eigenvalue weighted by Gasteiger charge is 2.30. The summed E-state index contributed by atoms with van der Waals surface area (Å²) in [7, 11) is 0. The maximum absolute atomic E-state index is 11.9. The molecule has 1 atom stereocenters. The van der Waals surface area contributed by atoms with Crippen LogP contribution in [0.1, 0.15) is 13.3 Å². The molecule has 0 bridgehead atoms. The Morgan fingerprint density at radius 2 is 2.05 bits per heavy atom. The molecule has 0 unspecified atom stereocenters. The van der Waals surface area contributed by atoms with Gasteiger partial charge >= 0.3 is 5.97 Å². The Hall–Kier alpha value is -2.23. The Bertz CT molecular complexity index is 669. The first-order valence-corrected chi connectivity index (χ1v) is 7.39. The average molecular weight is 284 g/mol. The number of anilines is 2. The van der Waals surface area contributed by atoms with Gasteiger partial charge in [0.1, 0.15) is 0 Å². The highest BCUT2D eigenvalue weighted by Crippen LogP contribution is 2.33. The van der Waals surface area contributed by atoms with Crippen LogP contribution in [0, 0.1) is 5.92 Å². The molecule has 4 nitrogen and oxygen atoms in total. The summed E-state index contributed by atoms with van der Waals surface area (Å²) in [5, 5.41) is 2.21. The SMILES string of the molecule is CCOC(=O)[C@@H]1CCN(c2ccc(N)c3ccccc23)C1. The Labute approximate surface area is 124 Å². The van der Waals surface area contributed by atoms with Crippen molar-refractivity contribution in [2.45, 2.75) is 13.3 Å². The monoisotopic (exact) mass is 284 g/mol. The predicted molar refractivity (Wildman–Crippen MR) is 85.3 cm³/mol. The van der Waals surface area contributed by atoms with Gasteiger partial charge in [0.15, 0.2) is 0 Å². The first-order chi connectivity index (χ1) is 10.2. The van der Waals surface area contributed by atoms with Crippen molar-refractivity contribution in [1.29, 1.82) is 0 Å². The number of carbonyl (C=O) groups is 1. The Kier molecular flexibility index (Phi) is 3.69. The van der Waals surface area contributed by atoms with Gasteiger partial charge in [0.25, 0.3) is 0 Å². The Morgan fingerprint density at radius 1 is 1.29 bits per heavy atom. The van der Waals surface area contributed by atoms with E-state index in [1.54, 1.807) is 0 Å². The third-order valence-corrected chi connectivity index (χ3v) is 4.08. The summed E-state index contributed by atoms with van der Waals surface area (Å²) < 4.78 is 5.13. The summed E-state index contributed by atoms with van der Waals surface area (Å²) in [6.45, 7) is 3.88. The number of fused-ring (bicyclic) bond motifs is 1. The summed E-state index contributed by atoms with van der Waals surface area (Å²) in [6, 6.07) is 12.1. The molecule has 1 aliphatic rings. The van der Waals surface area contributed by atoms with Crippen molar-refractivity contribution >= 4 is 28.1 Å². The van der Waals surface area contributed by atoms with Crippen molar-refractivity contribution in [2.75, 3.05) is 30.3 Å². The number of nitrogens with two attached hydrogens (primary N) is 1. The third kappa shape index (κ3) is 2.53. The molecule has 21 heavy (non-hydrogen) atoms. The second-order valence-electron chi connectivity index (χ2n) is 5.40. The average Bonchev–Trinajstić information content (AvgIpc) is 2.98. The lowest BCUT2D eigenvalue weighted by atomic mass is 10.1. The summed E-state index contributed by atoms with van der Waals surface area (Å²) >= 11 is 0. The smallest absolute Gasteiger partial charge is 0.310 e. The second kappa shape index (κ2) is 5.64. The Morgan fingerprint density at radius 3 is 2.81 bits per heavy atom. The number of carbonyl (C=O) groups excluding carboxylic acids is 1. The molecule has 0 aromatic heterocycles. The van der Waals surface area contributed by atoms with Crippen LogP contribution in [0.2, 0.25) is 0 Å². The molecule has 4 heteroatoms. The minimum absolute atomic E-state index is 0.0266. The molecule has 0 spiro atoms. The second-order valence-corrected chi connectivity index (χ2v) is 5.40. The maximum atomic E-state index is 11.9. The molecule has 0 saturated carbocycles. The Balaban J connectivity index is 1.89. The van der Waals surface area contributed by atoms with Crippen LogP contribution in [0.4, 0.5) is 11.4 Å². The van der Waals surface area contributed by atoms with Crippen LogP contribution < -0.4 is 10.6 Å². The molecule has 1 saturated heterocycles. The molecule has 0 amide bonds. The van der Waals surface area contributed by atoms with Crippen LogP contribution in [0.25, 0.3) is 10.8 Å². The number of hydrogen-bond donors (Lipinski definition) is 1. The number of nitrogens with zero attached hydrogens (tertiary/aromatic N) is 1. The van der Waals surface area contributed by atoms with Crippen molar-refractivity contribution in [1.82, 2.24) is 0 Å². The zero-order chi connectivity index (χ0) is 14.8. The van der Waals surface area contributed by atoms with Gasteiger partial charge in [0.05, 0.1) is 12.5 Å². The first-order valence-electron chi connectivity index (χ1n) is 7.39. The molecule has 2 N–H and O–H groups in total. The third-order valence-electron chi connectivity index (χ3n) is 4.08. The number of benzene rings is 2. The van der Waals surface area contributed by atoms with Crippen LogP contribution >= 0.6 is 0 Å². The summed E-state index contributed by atoms with van der Waals surface area (Å²) in [6.07, 6.45) is 0.845. The molecule has 1 heterocycles. The van der Waals surface area contributed by atoms with Gasteiger partial charge in [-0.05, 0) is 25.5 Å². The van der Waals surface area contributed by atoms with E-state index in [4.69, 9.17) is 10.5 Å². The minimum atomic E-state index is -0.0836. The zero-order valence-electron chi connectivity index (χ0n) is 12.2. The van der Waals surface area contributed by atoms with E-state index < -0.39 is 0 Å². The molecule has 110 valence electrons. The lowest BCUT2D eigenvalue weighted by Crippen LogP contribution is -2.24. The molecule has 1 aliphatic heterocycles. The van der Waals surface area contributed by atoms with E-state index in [-0.39, 0.29) is 11.9 Å². The molecule has 0 aliphatic carbocycles. The highest BCUT2D eigenvalue weighted by atomic mass is 16.5. The van der Waals surface area contributed by atoms with Crippen LogP contribution in [0.5, 0.6) is 0 Å². The van der Waals surface area contributed by atoms with Crippen LogP contribution in [0.15, 0.2) is 36.4 Å². The quantitative estimate of drug-likeness (QED) is 0.695. The van der Waals surface area contributed by atoms with Gasteiger partial charge in [-0.3, -0.25) is 4.79 Å². The van der Waals surface area contributed by atoms with Gasteiger partial charge in [0.2, 0.25) is 0 Å². The van der Waals surface area contributed by atoms with Crippen LogP contribution in [-0.4, -0.2) is 25.7 Å². The fourth-order valence-electron chi connectivity index (χ4n) is 3.01. The minimum Gasteiger partial charge on any atom is -0.466 e. The number of rotatable bonds is 3. The van der Waals surface area contributed by atoms with Crippen molar-refractivity contribution in [3.8, 4) is 0 Å². The van der Waals surface area contributed by atoms with E-state index >= 15 is 0 Å². The van der Waals surface area contributed by atoms with Crippen molar-refractivity contribution in [3.63, 3.8) is 0 Å². The number of esters is 1. The molecular weight excluding hydrogens is 264 g/mol. The number of hydrogen-bond acceptors (Lipinski definition) is 4. The number of nitrogen functional groups attached to an aromatic ring is 1. The normalized spacial score (nSPS) is 18.1. The standard InChI is InChI=1S/C17H20N2O2/c1-2-21-17(20)12-9-10-19(11-12)16-8-7-15(18)13-5-3-4-6-14(13)16/h3-8,12H,2,9-11,18H2,1H3/t12-/m1/s1. The van der Waals surface area contributed by atoms with E-state index in [0.29, 0.717) is 13.2 Å². The van der Waals surface area contributed by atoms with Crippen LogP contribution in [0.3, 0.4) is 0 Å². The zero-order valence-corrected chi connectivity index (χ0v) is 12.2. The van der Waals surface area contributed by atoms with Gasteiger partial charge in [-0.25, -0.2) is 0 Å². The van der Waals surface area contributed by atoms with E-state index in [9.17, 15) is 4.79 Å². The lowest BCUT2D eigenvalue weighted by molar-refractivity contribution is -0.147. The van der Waals surface area contributed by atoms with E-state index in [2.05, 4.69) is 11.0 Å². The highest BCUT2D eigenvalue weighted by molar-refractivity contribution is 6.01. The van der Waals surface area contributed by atoms with Gasteiger partial charge in [-0.1, -0.05) is 24.3 Å². The van der Waals surface area contributed by atoms with Gasteiger partial charge < -0.3 is 15.4 Å². The van der Waals surface area contributed by atoms with E-state index in [0.717, 1.165) is 35.1 Å². The maximum Gasteiger partial charge on any atom is 0.310 e. The molecule has 2 aromatic carbocycles. The first kappa shape index (κ1) is 13.7. The van der Waals surface area contributed by atoms with E-state index in [1.165, 1.54) is 0 Å². The molecule has 2 aromatic rings.